The summed E-state index contributed by atoms with van der Waals surface area (Å²) in [5.41, 5.74) is 5.74. The van der Waals surface area contributed by atoms with Crippen LogP contribution in [0.15, 0.2) is 23.0 Å². The van der Waals surface area contributed by atoms with E-state index in [0.717, 1.165) is 57.4 Å². The van der Waals surface area contributed by atoms with Gasteiger partial charge in [-0.3, -0.25) is 9.78 Å². The molecule has 2 N–H and O–H groups in total. The molecule has 0 spiro atoms. The molecular weight excluding hydrogens is 398 g/mol. The molecule has 4 rings (SSSR count). The summed E-state index contributed by atoms with van der Waals surface area (Å²) in [5, 5.41) is 4.06. The summed E-state index contributed by atoms with van der Waals surface area (Å²) >= 11 is 0. The molecule has 0 aromatic carbocycles. The van der Waals surface area contributed by atoms with E-state index in [4.69, 9.17) is 19.7 Å². The Labute approximate surface area is 182 Å². The molecule has 0 atom stereocenters. The molecule has 0 bridgehead atoms. The lowest BCUT2D eigenvalue weighted by Crippen LogP contribution is -2.40. The van der Waals surface area contributed by atoms with E-state index in [1.165, 1.54) is 6.20 Å². The summed E-state index contributed by atoms with van der Waals surface area (Å²) in [4.78, 5) is 22.1. The van der Waals surface area contributed by atoms with E-state index in [-0.39, 0.29) is 24.2 Å². The molecule has 0 unspecified atom stereocenters. The maximum Gasteiger partial charge on any atom is 0.324 e. The van der Waals surface area contributed by atoms with E-state index in [0.29, 0.717) is 17.3 Å². The smallest absolute Gasteiger partial charge is 0.324 e. The van der Waals surface area contributed by atoms with Crippen LogP contribution in [-0.2, 0) is 4.74 Å². The fourth-order valence-corrected chi connectivity index (χ4v) is 4.18. The zero-order chi connectivity index (χ0) is 21.8. The summed E-state index contributed by atoms with van der Waals surface area (Å²) in [7, 11) is 0. The highest BCUT2D eigenvalue weighted by Gasteiger charge is 2.29. The molecule has 3 heterocycles. The number of carbonyl (C=O) groups excluding carboxylic acids is 1. The molecule has 9 heteroatoms. The van der Waals surface area contributed by atoms with Crippen LogP contribution in [0.4, 0.5) is 6.01 Å². The van der Waals surface area contributed by atoms with Crippen molar-refractivity contribution in [3.63, 3.8) is 0 Å². The van der Waals surface area contributed by atoms with Crippen molar-refractivity contribution in [3.05, 3.63) is 29.8 Å². The van der Waals surface area contributed by atoms with Gasteiger partial charge < -0.3 is 24.6 Å². The number of aromatic nitrogens is 3. The zero-order valence-electron chi connectivity index (χ0n) is 18.2. The summed E-state index contributed by atoms with van der Waals surface area (Å²) in [6.07, 6.45) is 9.23. The van der Waals surface area contributed by atoms with Gasteiger partial charge in [0.05, 0.1) is 23.9 Å². The Balaban J connectivity index is 1.21. The second-order valence-electron chi connectivity index (χ2n) is 8.66. The average molecular weight is 430 g/mol. The third kappa shape index (κ3) is 5.33. The molecule has 168 valence electrons. The third-order valence-electron chi connectivity index (χ3n) is 6.01. The maximum atomic E-state index is 11.5. The molecule has 1 aliphatic carbocycles. The minimum atomic E-state index is -0.521. The summed E-state index contributed by atoms with van der Waals surface area (Å²) in [5.74, 6) is 1.01. The Morgan fingerprint density at radius 3 is 2.45 bits per heavy atom. The first kappa shape index (κ1) is 21.5. The number of pyridine rings is 1. The second kappa shape index (κ2) is 9.64. The van der Waals surface area contributed by atoms with Gasteiger partial charge in [-0.05, 0) is 44.6 Å². The van der Waals surface area contributed by atoms with Crippen LogP contribution < -0.4 is 15.4 Å². The van der Waals surface area contributed by atoms with Gasteiger partial charge in [0.25, 0.3) is 5.91 Å². The van der Waals surface area contributed by atoms with Gasteiger partial charge >= 0.3 is 6.01 Å². The highest BCUT2D eigenvalue weighted by molar-refractivity contribution is 5.95. The number of carbonyl (C=O) groups is 1. The van der Waals surface area contributed by atoms with Gasteiger partial charge in [0.1, 0.15) is 5.75 Å². The number of hydrogen-bond acceptors (Lipinski definition) is 8. The van der Waals surface area contributed by atoms with Crippen LogP contribution in [-0.4, -0.2) is 52.4 Å². The highest BCUT2D eigenvalue weighted by atomic mass is 16.5. The number of anilines is 1. The summed E-state index contributed by atoms with van der Waals surface area (Å²) in [6, 6.07) is 2.32. The van der Waals surface area contributed by atoms with Crippen molar-refractivity contribution >= 4 is 11.9 Å². The van der Waals surface area contributed by atoms with Crippen molar-refractivity contribution in [1.29, 1.82) is 0 Å². The minimum absolute atomic E-state index is 0.0647. The molecule has 1 aliphatic heterocycles. The van der Waals surface area contributed by atoms with E-state index >= 15 is 0 Å². The normalized spacial score (nSPS) is 22.6. The Kier molecular flexibility index (Phi) is 6.70. The van der Waals surface area contributed by atoms with Crippen molar-refractivity contribution in [2.45, 2.75) is 76.6 Å². The lowest BCUT2D eigenvalue weighted by Gasteiger charge is -2.35. The van der Waals surface area contributed by atoms with Crippen molar-refractivity contribution in [2.24, 2.45) is 5.73 Å². The number of rotatable bonds is 7. The van der Waals surface area contributed by atoms with Gasteiger partial charge in [-0.1, -0.05) is 19.0 Å². The van der Waals surface area contributed by atoms with Crippen LogP contribution in [0.5, 0.6) is 5.75 Å². The number of primary amides is 1. The fraction of sp³-hybridized carbons (Fsp3) is 0.636. The number of hydrogen-bond donors (Lipinski definition) is 1. The van der Waals surface area contributed by atoms with Crippen molar-refractivity contribution < 1.29 is 18.8 Å². The Morgan fingerprint density at radius 2 is 1.81 bits per heavy atom. The minimum Gasteiger partial charge on any atom is -0.489 e. The van der Waals surface area contributed by atoms with E-state index in [9.17, 15) is 4.79 Å². The van der Waals surface area contributed by atoms with E-state index < -0.39 is 5.91 Å². The topological polar surface area (TPSA) is 117 Å². The van der Waals surface area contributed by atoms with Gasteiger partial charge in [-0.25, -0.2) is 0 Å². The molecule has 2 aliphatic rings. The first-order chi connectivity index (χ1) is 15.0. The highest BCUT2D eigenvalue weighted by Crippen LogP contribution is 2.29. The Bertz CT molecular complexity index is 870. The van der Waals surface area contributed by atoms with Crippen LogP contribution in [0.25, 0.3) is 0 Å². The van der Waals surface area contributed by atoms with Crippen molar-refractivity contribution in [3.8, 4) is 5.75 Å². The molecule has 1 saturated heterocycles. The van der Waals surface area contributed by atoms with E-state index in [1.54, 1.807) is 12.3 Å². The summed E-state index contributed by atoms with van der Waals surface area (Å²) < 4.78 is 17.8. The fourth-order valence-electron chi connectivity index (χ4n) is 4.18. The molecule has 2 aromatic rings. The molecule has 9 nitrogen and oxygen atoms in total. The van der Waals surface area contributed by atoms with Crippen LogP contribution in [0, 0.1) is 0 Å². The zero-order valence-corrected chi connectivity index (χ0v) is 18.2. The van der Waals surface area contributed by atoms with Gasteiger partial charge in [-0.2, -0.15) is 4.98 Å². The monoisotopic (exact) mass is 429 g/mol. The van der Waals surface area contributed by atoms with Crippen LogP contribution in [0.2, 0.25) is 0 Å². The quantitative estimate of drug-likeness (QED) is 0.714. The summed E-state index contributed by atoms with van der Waals surface area (Å²) in [6.45, 7) is 5.84. The largest absolute Gasteiger partial charge is 0.489 e. The number of ether oxygens (including phenoxy) is 2. The van der Waals surface area contributed by atoms with Crippen molar-refractivity contribution in [2.75, 3.05) is 18.0 Å². The SMILES string of the molecule is CC(C)c1noc(N2CCC(OC3CCC(Oc4ccncc4C(N)=O)CC3)CC2)n1. The maximum absolute atomic E-state index is 11.5. The van der Waals surface area contributed by atoms with E-state index in [1.807, 2.05) is 0 Å². The molecular formula is C22H31N5O4. The van der Waals surface area contributed by atoms with Gasteiger partial charge in [0, 0.05) is 31.4 Å². The predicted molar refractivity (Wildman–Crippen MR) is 114 cm³/mol. The molecule has 0 radical (unpaired) electrons. The lowest BCUT2D eigenvalue weighted by molar-refractivity contribution is -0.0530. The van der Waals surface area contributed by atoms with Crippen LogP contribution in [0.1, 0.15) is 74.5 Å². The van der Waals surface area contributed by atoms with E-state index in [2.05, 4.69) is 33.9 Å². The van der Waals surface area contributed by atoms with Gasteiger partial charge in [0.2, 0.25) is 0 Å². The number of nitrogens with two attached hydrogens (primary N) is 1. The third-order valence-corrected chi connectivity index (χ3v) is 6.01. The number of amides is 1. The first-order valence-corrected chi connectivity index (χ1v) is 11.1. The molecule has 1 saturated carbocycles. The second-order valence-corrected chi connectivity index (χ2v) is 8.66. The first-order valence-electron chi connectivity index (χ1n) is 11.1. The standard InChI is InChI=1S/C22H31N5O4/c1-14(2)21-25-22(31-26-21)27-11-8-17(9-12-27)29-15-3-5-16(6-4-15)30-19-7-10-24-13-18(19)20(23)28/h7,10,13-17H,3-6,8-9,11-12H2,1-2H3,(H2,23,28). The average Bonchev–Trinajstić information content (AvgIpc) is 3.27. The van der Waals surface area contributed by atoms with Gasteiger partial charge in [0.15, 0.2) is 5.82 Å². The molecule has 1 amide bonds. The lowest BCUT2D eigenvalue weighted by atomic mass is 9.94. The number of piperidine rings is 1. The van der Waals surface area contributed by atoms with Crippen molar-refractivity contribution in [1.82, 2.24) is 15.1 Å². The Morgan fingerprint density at radius 1 is 1.13 bits per heavy atom. The van der Waals surface area contributed by atoms with Crippen LogP contribution >= 0.6 is 0 Å². The Hall–Kier alpha value is -2.68. The molecule has 31 heavy (non-hydrogen) atoms. The number of nitrogens with zero attached hydrogens (tertiary/aromatic N) is 4. The van der Waals surface area contributed by atoms with Crippen LogP contribution in [0.3, 0.4) is 0 Å². The molecule has 2 fully saturated rings. The molecule has 2 aromatic heterocycles. The predicted octanol–water partition coefficient (Wildman–Crippen LogP) is 3.06. The van der Waals surface area contributed by atoms with Gasteiger partial charge in [-0.15, -0.1) is 0 Å².